The van der Waals surface area contributed by atoms with Gasteiger partial charge in [-0.05, 0) is 67.9 Å². The highest BCUT2D eigenvalue weighted by atomic mass is 16.4. The van der Waals surface area contributed by atoms with Crippen LogP contribution in [-0.4, -0.2) is 74.1 Å². The highest BCUT2D eigenvalue weighted by Gasteiger charge is 2.21. The molecule has 4 atom stereocenters. The Morgan fingerprint density at radius 1 is 1.03 bits per heavy atom. The molecule has 1 aromatic carbocycles. The number of benzene rings is 1. The van der Waals surface area contributed by atoms with Gasteiger partial charge in [0, 0.05) is 19.0 Å². The van der Waals surface area contributed by atoms with Gasteiger partial charge in [-0.25, -0.2) is 0 Å². The Labute approximate surface area is 234 Å². The number of carbonyl (C=O) groups is 1. The number of aromatic hydroxyl groups is 1. The molecular weight excluding hydrogens is 498 g/mol. The molecule has 0 amide bonds. The zero-order valence-electron chi connectivity index (χ0n) is 23.8. The Balaban J connectivity index is 3.36. The van der Waals surface area contributed by atoms with Crippen molar-refractivity contribution in [1.82, 2.24) is 5.32 Å². The maximum atomic E-state index is 10.8. The molecule has 0 saturated heterocycles. The largest absolute Gasteiger partial charge is 0.508 e. The number of aliphatic hydroxyl groups excluding tert-OH is 4. The lowest BCUT2D eigenvalue weighted by molar-refractivity contribution is -0.137. The Morgan fingerprint density at radius 3 is 2.38 bits per heavy atom. The number of hydrogen-bond acceptors (Lipinski definition) is 7. The van der Waals surface area contributed by atoms with E-state index < -0.39 is 30.9 Å². The van der Waals surface area contributed by atoms with Crippen LogP contribution in [-0.2, 0) is 11.2 Å². The quantitative estimate of drug-likeness (QED) is 0.0838. The van der Waals surface area contributed by atoms with Gasteiger partial charge in [-0.3, -0.25) is 4.79 Å². The molecular formula is C31H51NO7. The van der Waals surface area contributed by atoms with Crippen molar-refractivity contribution in [3.8, 4) is 5.75 Å². The SMILES string of the molecule is CCCCC[C@H](O)/C=C/C(Cc1cccc(O)c1)=C(\C[C@H](O)CO)[C@H](CCCCCCC(=O)O)NC[C@H](C)O. The normalized spacial score (nSPS) is 15.6. The van der Waals surface area contributed by atoms with Gasteiger partial charge in [0.25, 0.3) is 0 Å². The van der Waals surface area contributed by atoms with Crippen LogP contribution in [0.5, 0.6) is 5.75 Å². The monoisotopic (exact) mass is 549 g/mol. The van der Waals surface area contributed by atoms with Crippen LogP contribution in [0.25, 0.3) is 0 Å². The van der Waals surface area contributed by atoms with Crippen molar-refractivity contribution >= 4 is 5.97 Å². The van der Waals surface area contributed by atoms with E-state index in [4.69, 9.17) is 5.11 Å². The van der Waals surface area contributed by atoms with Crippen LogP contribution in [0.15, 0.2) is 47.6 Å². The van der Waals surface area contributed by atoms with Crippen molar-refractivity contribution in [1.29, 1.82) is 0 Å². The molecule has 8 nitrogen and oxygen atoms in total. The number of nitrogens with one attached hydrogen (secondary N) is 1. The molecule has 7 N–H and O–H groups in total. The van der Waals surface area contributed by atoms with Gasteiger partial charge in [-0.1, -0.05) is 69.7 Å². The van der Waals surface area contributed by atoms with Crippen molar-refractivity contribution < 1.29 is 35.4 Å². The minimum atomic E-state index is -0.978. The first-order valence-electron chi connectivity index (χ1n) is 14.4. The van der Waals surface area contributed by atoms with Gasteiger partial charge in [0.05, 0.1) is 24.9 Å². The number of rotatable bonds is 22. The van der Waals surface area contributed by atoms with E-state index in [9.17, 15) is 30.3 Å². The molecule has 0 heterocycles. The van der Waals surface area contributed by atoms with Crippen molar-refractivity contribution in [2.45, 2.75) is 115 Å². The Hall–Kier alpha value is -2.23. The number of unbranched alkanes of at least 4 members (excludes halogenated alkanes) is 5. The Bertz CT molecular complexity index is 868. The van der Waals surface area contributed by atoms with Gasteiger partial charge in [0.15, 0.2) is 0 Å². The summed E-state index contributed by atoms with van der Waals surface area (Å²) in [7, 11) is 0. The summed E-state index contributed by atoms with van der Waals surface area (Å²) in [6, 6.07) is 6.76. The fourth-order valence-electron chi connectivity index (χ4n) is 4.60. The minimum absolute atomic E-state index is 0.150. The molecule has 0 fully saturated rings. The smallest absolute Gasteiger partial charge is 0.303 e. The maximum absolute atomic E-state index is 10.8. The summed E-state index contributed by atoms with van der Waals surface area (Å²) in [6.07, 6.45) is 9.76. The lowest BCUT2D eigenvalue weighted by Crippen LogP contribution is -2.38. The van der Waals surface area contributed by atoms with Crippen molar-refractivity contribution in [2.75, 3.05) is 13.2 Å². The molecule has 8 heteroatoms. The average Bonchev–Trinajstić information content (AvgIpc) is 2.89. The van der Waals surface area contributed by atoms with Crippen LogP contribution in [0.1, 0.15) is 90.0 Å². The first-order valence-corrected chi connectivity index (χ1v) is 14.4. The minimum Gasteiger partial charge on any atom is -0.508 e. The molecule has 0 spiro atoms. The summed E-state index contributed by atoms with van der Waals surface area (Å²) >= 11 is 0. The third kappa shape index (κ3) is 16.5. The number of aliphatic carboxylic acids is 1. The highest BCUT2D eigenvalue weighted by molar-refractivity contribution is 5.66. The molecule has 1 rings (SSSR count). The van der Waals surface area contributed by atoms with Gasteiger partial charge in [-0.2, -0.15) is 0 Å². The third-order valence-corrected chi connectivity index (χ3v) is 6.72. The number of phenolic OH excluding ortho intramolecular Hbond substituents is 1. The fraction of sp³-hybridized carbons (Fsp3) is 0.645. The van der Waals surface area contributed by atoms with Crippen molar-refractivity contribution in [2.24, 2.45) is 0 Å². The van der Waals surface area contributed by atoms with Crippen LogP contribution in [0, 0.1) is 0 Å². The lowest BCUT2D eigenvalue weighted by atomic mass is 9.88. The van der Waals surface area contributed by atoms with Crippen molar-refractivity contribution in [3.63, 3.8) is 0 Å². The number of carboxylic acids is 1. The maximum Gasteiger partial charge on any atom is 0.303 e. The molecule has 0 aromatic heterocycles. The molecule has 1 aromatic rings. The molecule has 0 aliphatic rings. The zero-order chi connectivity index (χ0) is 29.0. The fourth-order valence-corrected chi connectivity index (χ4v) is 4.60. The molecule has 39 heavy (non-hydrogen) atoms. The van der Waals surface area contributed by atoms with E-state index in [0.29, 0.717) is 32.2 Å². The predicted octanol–water partition coefficient (Wildman–Crippen LogP) is 4.24. The second-order valence-electron chi connectivity index (χ2n) is 10.5. The molecule has 0 bridgehead atoms. The summed E-state index contributed by atoms with van der Waals surface area (Å²) in [6.45, 7) is 3.75. The van der Waals surface area contributed by atoms with E-state index in [2.05, 4.69) is 12.2 Å². The lowest BCUT2D eigenvalue weighted by Gasteiger charge is -2.27. The highest BCUT2D eigenvalue weighted by Crippen LogP contribution is 2.26. The van der Waals surface area contributed by atoms with E-state index in [1.807, 2.05) is 12.1 Å². The van der Waals surface area contributed by atoms with Crippen LogP contribution in [0.4, 0.5) is 0 Å². The van der Waals surface area contributed by atoms with Crippen LogP contribution >= 0.6 is 0 Å². The first-order chi connectivity index (χ1) is 18.7. The van der Waals surface area contributed by atoms with Crippen LogP contribution in [0.3, 0.4) is 0 Å². The van der Waals surface area contributed by atoms with Gasteiger partial charge < -0.3 is 36.0 Å². The Morgan fingerprint density at radius 2 is 1.74 bits per heavy atom. The summed E-state index contributed by atoms with van der Waals surface area (Å²) < 4.78 is 0. The predicted molar refractivity (Wildman–Crippen MR) is 155 cm³/mol. The van der Waals surface area contributed by atoms with Gasteiger partial charge in [0.2, 0.25) is 0 Å². The van der Waals surface area contributed by atoms with Crippen LogP contribution < -0.4 is 5.32 Å². The van der Waals surface area contributed by atoms with E-state index in [0.717, 1.165) is 55.2 Å². The molecule has 0 aliphatic heterocycles. The van der Waals surface area contributed by atoms with E-state index in [1.165, 1.54) is 0 Å². The summed E-state index contributed by atoms with van der Waals surface area (Å²) in [5.74, 6) is -0.646. The van der Waals surface area contributed by atoms with Gasteiger partial charge in [0.1, 0.15) is 5.75 Å². The van der Waals surface area contributed by atoms with E-state index in [1.54, 1.807) is 31.2 Å². The number of hydrogen-bond donors (Lipinski definition) is 7. The van der Waals surface area contributed by atoms with Gasteiger partial charge in [-0.15, -0.1) is 0 Å². The standard InChI is InChI=1S/C31H51NO7/c1-3-4-7-12-26(35)17-16-25(18-24-11-10-13-27(36)19-24)29(20-28(37)22-33)30(32-21-23(2)34)14-8-5-6-9-15-31(38)39/h10-11,13,16-17,19,23,26,28,30,32-37H,3-9,12,14-15,18,20-22H2,1-2H3,(H,38,39)/b17-16+,29-25-/t23-,26-,28-,30-/m0/s1. The topological polar surface area (TPSA) is 150 Å². The van der Waals surface area contributed by atoms with E-state index >= 15 is 0 Å². The number of carboxylic acid groups (broad SMARTS) is 1. The zero-order valence-corrected chi connectivity index (χ0v) is 23.8. The van der Waals surface area contributed by atoms with Crippen molar-refractivity contribution in [3.05, 3.63) is 53.1 Å². The summed E-state index contributed by atoms with van der Waals surface area (Å²) in [5, 5.41) is 63.1. The molecule has 0 saturated carbocycles. The van der Waals surface area contributed by atoms with E-state index in [-0.39, 0.29) is 24.6 Å². The molecule has 0 radical (unpaired) electrons. The number of allylic oxidation sites excluding steroid dienone is 2. The molecule has 0 unspecified atom stereocenters. The second kappa shape index (κ2) is 20.6. The Kier molecular flexibility index (Phi) is 18.4. The first kappa shape index (κ1) is 34.8. The summed E-state index contributed by atoms with van der Waals surface area (Å²) in [5.41, 5.74) is 2.62. The van der Waals surface area contributed by atoms with Gasteiger partial charge >= 0.3 is 5.97 Å². The third-order valence-electron chi connectivity index (χ3n) is 6.72. The average molecular weight is 550 g/mol. The molecule has 222 valence electrons. The molecule has 0 aliphatic carbocycles. The number of aliphatic hydroxyl groups is 4. The summed E-state index contributed by atoms with van der Waals surface area (Å²) in [4.78, 5) is 10.8. The van der Waals surface area contributed by atoms with Crippen LogP contribution in [0.2, 0.25) is 0 Å². The second-order valence-corrected chi connectivity index (χ2v) is 10.5. The number of phenols is 1.